The molecule has 0 fully saturated rings. The lowest BCUT2D eigenvalue weighted by Gasteiger charge is -2.22. The lowest BCUT2D eigenvalue weighted by Crippen LogP contribution is -2.50. The first kappa shape index (κ1) is 34.7. The van der Waals surface area contributed by atoms with E-state index in [2.05, 4.69) is 10.2 Å². The third-order valence-corrected chi connectivity index (χ3v) is 6.35. The summed E-state index contributed by atoms with van der Waals surface area (Å²) in [5.41, 5.74) is 9.35. The van der Waals surface area contributed by atoms with Crippen molar-refractivity contribution in [1.82, 2.24) is 14.9 Å². The first-order chi connectivity index (χ1) is 17.8. The van der Waals surface area contributed by atoms with Gasteiger partial charge in [-0.2, -0.15) is 0 Å². The molecule has 1 heterocycles. The number of hydrogen-bond donors (Lipinski definition) is 2. The Morgan fingerprint density at radius 2 is 1.74 bits per heavy atom. The number of hydrogen-bond acceptors (Lipinski definition) is 6. The fraction of sp³-hybridized carbons (Fsp3) is 0.423. The summed E-state index contributed by atoms with van der Waals surface area (Å²) in [6, 6.07) is 9.73. The number of aromatic nitrogens is 2. The number of ether oxygens (including phenoxy) is 1. The summed E-state index contributed by atoms with van der Waals surface area (Å²) in [5, 5.41) is 2.71. The number of nitrogens with two attached hydrogens (primary N) is 1. The Kier molecular flexibility index (Phi) is 14.9. The number of imidazole rings is 1. The molecule has 0 bridgehead atoms. The number of nitrogens with one attached hydrogen (secondary N) is 1. The van der Waals surface area contributed by atoms with E-state index in [4.69, 9.17) is 38.7 Å². The normalized spacial score (nSPS) is 12.2. The summed E-state index contributed by atoms with van der Waals surface area (Å²) >= 11 is 11.9. The number of carbonyl (C=O) groups is 2. The fourth-order valence-electron chi connectivity index (χ4n) is 4.06. The number of esters is 1. The number of anilines is 1. The smallest absolute Gasteiger partial charge is 0.329 e. The molecule has 2 aromatic carbocycles. The van der Waals surface area contributed by atoms with Crippen LogP contribution in [0.15, 0.2) is 42.5 Å². The van der Waals surface area contributed by atoms with Crippen LogP contribution < -0.4 is 16.0 Å². The van der Waals surface area contributed by atoms with Gasteiger partial charge in [-0.05, 0) is 49.2 Å². The molecule has 39 heavy (non-hydrogen) atoms. The van der Waals surface area contributed by atoms with Crippen molar-refractivity contribution in [3.8, 4) is 0 Å². The van der Waals surface area contributed by atoms with Crippen molar-refractivity contribution in [1.29, 1.82) is 0 Å². The van der Waals surface area contributed by atoms with Crippen molar-refractivity contribution in [3.05, 3.63) is 59.7 Å². The molecule has 0 aliphatic rings. The molecule has 1 aromatic heterocycles. The van der Waals surface area contributed by atoms with E-state index in [0.717, 1.165) is 16.7 Å². The molecule has 0 radical (unpaired) electrons. The molecular weight excluding hydrogens is 591 g/mol. The molecule has 3 rings (SSSR count). The molecule has 13 heteroatoms. The Morgan fingerprint density at radius 3 is 2.33 bits per heavy atom. The number of benzene rings is 2. The average Bonchev–Trinajstić information content (AvgIpc) is 3.19. The molecule has 2 unspecified atom stereocenters. The van der Waals surface area contributed by atoms with Crippen molar-refractivity contribution in [2.45, 2.75) is 31.8 Å². The van der Waals surface area contributed by atoms with Crippen molar-refractivity contribution in [3.63, 3.8) is 0 Å². The van der Waals surface area contributed by atoms with Gasteiger partial charge in [0.15, 0.2) is 0 Å². The highest BCUT2D eigenvalue weighted by Crippen LogP contribution is 2.23. The van der Waals surface area contributed by atoms with Gasteiger partial charge in [-0.15, -0.1) is 48.0 Å². The number of amides is 1. The van der Waals surface area contributed by atoms with Crippen LogP contribution in [0.5, 0.6) is 0 Å². The van der Waals surface area contributed by atoms with Gasteiger partial charge in [0.25, 0.3) is 0 Å². The van der Waals surface area contributed by atoms with E-state index in [0.29, 0.717) is 36.2 Å². The molecule has 1 amide bonds. The first-order valence-corrected chi connectivity index (χ1v) is 13.1. The van der Waals surface area contributed by atoms with Gasteiger partial charge in [0.2, 0.25) is 5.91 Å². The number of carbonyl (C=O) groups excluding carboxylic acids is 2. The molecule has 0 saturated carbocycles. The van der Waals surface area contributed by atoms with E-state index >= 15 is 0 Å². The zero-order chi connectivity index (χ0) is 26.9. The Balaban J connectivity index is 0.00000380. The Hall–Kier alpha value is -2.30. The molecule has 8 nitrogen and oxygen atoms in total. The molecule has 0 spiro atoms. The van der Waals surface area contributed by atoms with Crippen molar-refractivity contribution < 1.29 is 18.7 Å². The molecule has 3 aromatic rings. The van der Waals surface area contributed by atoms with Crippen LogP contribution in [0.25, 0.3) is 11.0 Å². The predicted octanol–water partition coefficient (Wildman–Crippen LogP) is 4.00. The zero-order valence-electron chi connectivity index (χ0n) is 21.7. The number of rotatable bonds is 13. The summed E-state index contributed by atoms with van der Waals surface area (Å²) in [6.45, 7) is 3.15. The summed E-state index contributed by atoms with van der Waals surface area (Å²) in [5.74, 6) is 0.0664. The number of fused-ring (bicyclic) bond motifs is 1. The van der Waals surface area contributed by atoms with Crippen molar-refractivity contribution in [2.75, 3.05) is 36.4 Å². The van der Waals surface area contributed by atoms with Gasteiger partial charge in [0.05, 0.1) is 23.7 Å². The molecule has 0 aliphatic heterocycles. The van der Waals surface area contributed by atoms with Crippen LogP contribution in [0, 0.1) is 5.82 Å². The average molecular weight is 625 g/mol. The molecule has 216 valence electrons. The maximum atomic E-state index is 13.2. The van der Waals surface area contributed by atoms with Crippen LogP contribution >= 0.6 is 48.0 Å². The van der Waals surface area contributed by atoms with Gasteiger partial charge in [-0.1, -0.05) is 12.1 Å². The second-order valence-corrected chi connectivity index (χ2v) is 9.34. The number of nitrogens with zero attached hydrogens (tertiary/aromatic N) is 3. The Bertz CT molecular complexity index is 1210. The third kappa shape index (κ3) is 9.39. The molecule has 2 atom stereocenters. The van der Waals surface area contributed by atoms with Gasteiger partial charge in [0, 0.05) is 44.0 Å². The van der Waals surface area contributed by atoms with E-state index in [1.165, 1.54) is 12.1 Å². The van der Waals surface area contributed by atoms with Gasteiger partial charge in [0.1, 0.15) is 17.7 Å². The highest BCUT2D eigenvalue weighted by Gasteiger charge is 2.27. The third-order valence-electron chi connectivity index (χ3n) is 6.01. The van der Waals surface area contributed by atoms with Gasteiger partial charge in [-0.25, -0.2) is 14.2 Å². The van der Waals surface area contributed by atoms with Crippen LogP contribution in [0.4, 0.5) is 10.1 Å². The molecule has 0 saturated heterocycles. The molecular formula is C26H34Cl4FN5O3. The largest absolute Gasteiger partial charge is 0.464 e. The lowest BCUT2D eigenvalue weighted by molar-refractivity contribution is -0.147. The SMILES string of the molecule is CCOC(=O)C(Cc1nc2cc(N(CCCl)CCCl)ccc2n1C)NC(=O)C(N)Cc1ccc(F)cc1.Cl.Cl. The van der Waals surface area contributed by atoms with Crippen LogP contribution in [-0.2, 0) is 34.2 Å². The highest BCUT2D eigenvalue weighted by molar-refractivity contribution is 6.18. The summed E-state index contributed by atoms with van der Waals surface area (Å²) in [6.07, 6.45) is 0.305. The maximum absolute atomic E-state index is 13.2. The van der Waals surface area contributed by atoms with E-state index in [-0.39, 0.29) is 50.1 Å². The van der Waals surface area contributed by atoms with Crippen molar-refractivity contribution >= 4 is 76.6 Å². The van der Waals surface area contributed by atoms with Gasteiger partial charge < -0.3 is 25.3 Å². The van der Waals surface area contributed by atoms with Crippen LogP contribution in [0.3, 0.4) is 0 Å². The number of aryl methyl sites for hydroxylation is 1. The Morgan fingerprint density at radius 1 is 1.10 bits per heavy atom. The van der Waals surface area contributed by atoms with Crippen molar-refractivity contribution in [2.24, 2.45) is 12.8 Å². The minimum Gasteiger partial charge on any atom is -0.464 e. The van der Waals surface area contributed by atoms with Crippen LogP contribution in [0.2, 0.25) is 0 Å². The quantitative estimate of drug-likeness (QED) is 0.220. The summed E-state index contributed by atoms with van der Waals surface area (Å²) < 4.78 is 20.3. The standard InChI is InChI=1S/C26H32Cl2FN5O3.2ClH/c1-3-37-26(36)22(32-25(35)20(30)14-17-4-6-18(29)7-5-17)16-24-31-21-15-19(8-9-23(21)33(24)2)34(12-10-27)13-11-28;;/h4-9,15,20,22H,3,10-14,16,30H2,1-2H3,(H,32,35);2*1H. The van der Waals surface area contributed by atoms with Gasteiger partial charge in [-0.3, -0.25) is 4.79 Å². The van der Waals surface area contributed by atoms with E-state index < -0.39 is 24.0 Å². The Labute approximate surface area is 250 Å². The predicted molar refractivity (Wildman–Crippen MR) is 159 cm³/mol. The minimum atomic E-state index is -0.981. The van der Waals surface area contributed by atoms with E-state index in [1.807, 2.05) is 29.8 Å². The number of halogens is 5. The van der Waals surface area contributed by atoms with Crippen LogP contribution in [0.1, 0.15) is 18.3 Å². The zero-order valence-corrected chi connectivity index (χ0v) is 24.9. The topological polar surface area (TPSA) is 102 Å². The summed E-state index contributed by atoms with van der Waals surface area (Å²) in [4.78, 5) is 32.4. The maximum Gasteiger partial charge on any atom is 0.329 e. The van der Waals surface area contributed by atoms with Gasteiger partial charge >= 0.3 is 5.97 Å². The lowest BCUT2D eigenvalue weighted by atomic mass is 10.1. The number of alkyl halides is 2. The second-order valence-electron chi connectivity index (χ2n) is 8.58. The minimum absolute atomic E-state index is 0. The van der Waals surface area contributed by atoms with E-state index in [1.54, 1.807) is 19.1 Å². The fourth-order valence-corrected chi connectivity index (χ4v) is 4.46. The van der Waals surface area contributed by atoms with E-state index in [9.17, 15) is 14.0 Å². The second kappa shape index (κ2) is 16.7. The summed E-state index contributed by atoms with van der Waals surface area (Å²) in [7, 11) is 1.85. The molecule has 3 N–H and O–H groups in total. The van der Waals surface area contributed by atoms with Crippen LogP contribution in [-0.4, -0.2) is 65.0 Å². The molecule has 0 aliphatic carbocycles. The highest BCUT2D eigenvalue weighted by atomic mass is 35.5. The first-order valence-electron chi connectivity index (χ1n) is 12.1. The monoisotopic (exact) mass is 623 g/mol.